The van der Waals surface area contributed by atoms with Gasteiger partial charge >= 0.3 is 0 Å². The van der Waals surface area contributed by atoms with Gasteiger partial charge in [-0.15, -0.1) is 0 Å². The maximum Gasteiger partial charge on any atom is 0.120 e. The number of benzene rings is 1. The second kappa shape index (κ2) is 6.63. The van der Waals surface area contributed by atoms with Crippen LogP contribution in [0.2, 0.25) is 5.02 Å². The minimum atomic E-state index is -0.617. The van der Waals surface area contributed by atoms with Crippen molar-refractivity contribution in [1.82, 2.24) is 9.78 Å². The zero-order valence-corrected chi connectivity index (χ0v) is 12.3. The molecule has 108 valence electrons. The van der Waals surface area contributed by atoms with E-state index in [9.17, 15) is 5.11 Å². The highest BCUT2D eigenvalue weighted by Crippen LogP contribution is 2.17. The topological polar surface area (TPSA) is 59.3 Å². The molecule has 1 heterocycles. The van der Waals surface area contributed by atoms with Gasteiger partial charge in [0, 0.05) is 24.8 Å². The monoisotopic (exact) mass is 295 g/mol. The molecule has 1 atom stereocenters. The van der Waals surface area contributed by atoms with Crippen LogP contribution in [0.25, 0.3) is 0 Å². The first-order valence-corrected chi connectivity index (χ1v) is 6.73. The van der Waals surface area contributed by atoms with E-state index in [-0.39, 0.29) is 6.61 Å². The van der Waals surface area contributed by atoms with Crippen LogP contribution in [0.3, 0.4) is 0 Å². The molecule has 0 radical (unpaired) electrons. The SMILES string of the molecule is Cc1nn(C)cc1NCC(O)COc1cccc(Cl)c1. The van der Waals surface area contributed by atoms with E-state index in [1.807, 2.05) is 20.2 Å². The van der Waals surface area contributed by atoms with Crippen molar-refractivity contribution in [2.45, 2.75) is 13.0 Å². The highest BCUT2D eigenvalue weighted by Gasteiger charge is 2.08. The van der Waals surface area contributed by atoms with Crippen molar-refractivity contribution in [3.63, 3.8) is 0 Å². The van der Waals surface area contributed by atoms with Crippen LogP contribution in [0, 0.1) is 6.92 Å². The summed E-state index contributed by atoms with van der Waals surface area (Å²) in [4.78, 5) is 0. The zero-order valence-electron chi connectivity index (χ0n) is 11.5. The van der Waals surface area contributed by atoms with Crippen molar-refractivity contribution >= 4 is 17.3 Å². The fourth-order valence-corrected chi connectivity index (χ4v) is 1.99. The van der Waals surface area contributed by atoms with E-state index in [2.05, 4.69) is 10.4 Å². The first kappa shape index (κ1) is 14.7. The minimum Gasteiger partial charge on any atom is -0.491 e. The molecule has 0 bridgehead atoms. The molecule has 0 aliphatic carbocycles. The van der Waals surface area contributed by atoms with Crippen molar-refractivity contribution in [3.05, 3.63) is 41.2 Å². The molecule has 6 heteroatoms. The van der Waals surface area contributed by atoms with Crippen LogP contribution in [0.4, 0.5) is 5.69 Å². The van der Waals surface area contributed by atoms with Crippen molar-refractivity contribution in [2.75, 3.05) is 18.5 Å². The van der Waals surface area contributed by atoms with Gasteiger partial charge in [-0.3, -0.25) is 4.68 Å². The van der Waals surface area contributed by atoms with Crippen molar-refractivity contribution in [1.29, 1.82) is 0 Å². The molecule has 20 heavy (non-hydrogen) atoms. The van der Waals surface area contributed by atoms with E-state index in [0.717, 1.165) is 11.4 Å². The first-order chi connectivity index (χ1) is 9.54. The van der Waals surface area contributed by atoms with E-state index in [0.29, 0.717) is 17.3 Å². The molecule has 2 rings (SSSR count). The molecule has 0 amide bonds. The van der Waals surface area contributed by atoms with Gasteiger partial charge < -0.3 is 15.2 Å². The molecule has 0 aliphatic heterocycles. The number of hydrogen-bond acceptors (Lipinski definition) is 4. The second-order valence-electron chi connectivity index (χ2n) is 4.60. The van der Waals surface area contributed by atoms with Gasteiger partial charge in [0.25, 0.3) is 0 Å². The van der Waals surface area contributed by atoms with Crippen LogP contribution in [-0.2, 0) is 7.05 Å². The predicted octanol–water partition coefficient (Wildman–Crippen LogP) is 2.23. The lowest BCUT2D eigenvalue weighted by Crippen LogP contribution is -2.26. The highest BCUT2D eigenvalue weighted by molar-refractivity contribution is 6.30. The van der Waals surface area contributed by atoms with E-state index in [4.69, 9.17) is 16.3 Å². The predicted molar refractivity (Wildman–Crippen MR) is 79.4 cm³/mol. The summed E-state index contributed by atoms with van der Waals surface area (Å²) in [5.41, 5.74) is 1.81. The second-order valence-corrected chi connectivity index (χ2v) is 5.04. The molecule has 1 unspecified atom stereocenters. The van der Waals surface area contributed by atoms with E-state index >= 15 is 0 Å². The molecule has 0 aliphatic rings. The van der Waals surface area contributed by atoms with E-state index in [1.54, 1.807) is 28.9 Å². The molecule has 0 saturated heterocycles. The molecule has 2 N–H and O–H groups in total. The normalized spacial score (nSPS) is 12.2. The number of aliphatic hydroxyl groups excluding tert-OH is 1. The van der Waals surface area contributed by atoms with Crippen molar-refractivity contribution in [2.24, 2.45) is 7.05 Å². The third kappa shape index (κ3) is 4.15. The first-order valence-electron chi connectivity index (χ1n) is 6.35. The Bertz CT molecular complexity index is 571. The number of nitrogens with zero attached hydrogens (tertiary/aromatic N) is 2. The van der Waals surface area contributed by atoms with Crippen molar-refractivity contribution < 1.29 is 9.84 Å². The average molecular weight is 296 g/mol. The smallest absolute Gasteiger partial charge is 0.120 e. The molecule has 0 fully saturated rings. The summed E-state index contributed by atoms with van der Waals surface area (Å²) in [6, 6.07) is 7.10. The Morgan fingerprint density at radius 1 is 1.50 bits per heavy atom. The Labute approximate surface area is 123 Å². The number of halogens is 1. The largest absolute Gasteiger partial charge is 0.491 e. The van der Waals surface area contributed by atoms with Gasteiger partial charge in [-0.2, -0.15) is 5.10 Å². The molecule has 1 aromatic carbocycles. The Morgan fingerprint density at radius 2 is 2.30 bits per heavy atom. The van der Waals surface area contributed by atoms with Gasteiger partial charge in [-0.1, -0.05) is 17.7 Å². The molecule has 5 nitrogen and oxygen atoms in total. The van der Waals surface area contributed by atoms with Gasteiger partial charge in [-0.25, -0.2) is 0 Å². The number of aromatic nitrogens is 2. The summed E-state index contributed by atoms with van der Waals surface area (Å²) in [6.45, 7) is 2.51. The summed E-state index contributed by atoms with van der Waals surface area (Å²) in [6.07, 6.45) is 1.26. The number of aliphatic hydroxyl groups is 1. The molecular formula is C14H18ClN3O2. The van der Waals surface area contributed by atoms with Crippen LogP contribution >= 0.6 is 11.6 Å². The summed E-state index contributed by atoms with van der Waals surface area (Å²) < 4.78 is 7.21. The molecule has 0 saturated carbocycles. The third-order valence-corrected chi connectivity index (χ3v) is 3.02. The van der Waals surface area contributed by atoms with Crippen LogP contribution in [0.1, 0.15) is 5.69 Å². The van der Waals surface area contributed by atoms with Crippen molar-refractivity contribution in [3.8, 4) is 5.75 Å². The highest BCUT2D eigenvalue weighted by atomic mass is 35.5. The Balaban J connectivity index is 1.78. The fraction of sp³-hybridized carbons (Fsp3) is 0.357. The van der Waals surface area contributed by atoms with E-state index in [1.165, 1.54) is 0 Å². The Kier molecular flexibility index (Phi) is 4.87. The number of hydrogen-bond donors (Lipinski definition) is 2. The van der Waals surface area contributed by atoms with Crippen LogP contribution < -0.4 is 10.1 Å². The third-order valence-electron chi connectivity index (χ3n) is 2.78. The van der Waals surface area contributed by atoms with Gasteiger partial charge in [0.05, 0.1) is 11.4 Å². The number of rotatable bonds is 6. The average Bonchev–Trinajstić information content (AvgIpc) is 2.72. The number of anilines is 1. The summed E-state index contributed by atoms with van der Waals surface area (Å²) in [7, 11) is 1.86. The van der Waals surface area contributed by atoms with E-state index < -0.39 is 6.10 Å². The van der Waals surface area contributed by atoms with Gasteiger partial charge in [0.15, 0.2) is 0 Å². The fourth-order valence-electron chi connectivity index (χ4n) is 1.81. The summed E-state index contributed by atoms with van der Waals surface area (Å²) >= 11 is 5.86. The quantitative estimate of drug-likeness (QED) is 0.858. The van der Waals surface area contributed by atoms with Gasteiger partial charge in [-0.05, 0) is 25.1 Å². The summed E-state index contributed by atoms with van der Waals surface area (Å²) in [5, 5.41) is 17.9. The molecule has 2 aromatic rings. The van der Waals surface area contributed by atoms with Gasteiger partial charge in [0.1, 0.15) is 18.5 Å². The molecule has 1 aromatic heterocycles. The maximum atomic E-state index is 9.89. The Morgan fingerprint density at radius 3 is 2.95 bits per heavy atom. The van der Waals surface area contributed by atoms with Crippen LogP contribution in [0.5, 0.6) is 5.75 Å². The van der Waals surface area contributed by atoms with Crippen LogP contribution in [-0.4, -0.2) is 34.1 Å². The lowest BCUT2D eigenvalue weighted by atomic mass is 10.3. The maximum absolute atomic E-state index is 9.89. The number of ether oxygens (including phenoxy) is 1. The van der Waals surface area contributed by atoms with Gasteiger partial charge in [0.2, 0.25) is 0 Å². The lowest BCUT2D eigenvalue weighted by molar-refractivity contribution is 0.117. The number of nitrogens with one attached hydrogen (secondary N) is 1. The minimum absolute atomic E-state index is 0.201. The zero-order chi connectivity index (χ0) is 14.5. The number of aryl methyl sites for hydroxylation is 2. The molecule has 0 spiro atoms. The summed E-state index contributed by atoms with van der Waals surface area (Å²) in [5.74, 6) is 0.647. The van der Waals surface area contributed by atoms with Crippen LogP contribution in [0.15, 0.2) is 30.5 Å². The Hall–Kier alpha value is -1.72. The standard InChI is InChI=1S/C14H18ClN3O2/c1-10-14(8-18(2)17-10)16-7-12(19)9-20-13-5-3-4-11(15)6-13/h3-6,8,12,16,19H,7,9H2,1-2H3. The lowest BCUT2D eigenvalue weighted by Gasteiger charge is -2.13. The molecular weight excluding hydrogens is 278 g/mol.